The van der Waals surface area contributed by atoms with Crippen molar-refractivity contribution in [1.29, 1.82) is 0 Å². The molecule has 0 spiro atoms. The second kappa shape index (κ2) is 8.12. The lowest BCUT2D eigenvalue weighted by Gasteiger charge is -2.18. The lowest BCUT2D eigenvalue weighted by molar-refractivity contribution is -0.127. The van der Waals surface area contributed by atoms with Crippen molar-refractivity contribution in [1.82, 2.24) is 5.43 Å². The topological polar surface area (TPSA) is 89.0 Å². The second-order valence-corrected chi connectivity index (χ2v) is 6.68. The molecule has 0 fully saturated rings. The van der Waals surface area contributed by atoms with Crippen LogP contribution < -0.4 is 20.2 Å². The van der Waals surface area contributed by atoms with E-state index in [2.05, 4.69) is 15.8 Å². The van der Waals surface area contributed by atoms with Crippen molar-refractivity contribution < 1.29 is 19.1 Å². The SMILES string of the molecule is C/C(=N/NC(=O)[C@@H](C)Oc1cccc(C)c1C)c1ccc2c(c1)NC(=O)CO2. The Bertz CT molecular complexity index is 953. The molecule has 2 N–H and O–H groups in total. The van der Waals surface area contributed by atoms with Crippen LogP contribution in [-0.2, 0) is 9.59 Å². The van der Waals surface area contributed by atoms with Gasteiger partial charge in [-0.2, -0.15) is 5.10 Å². The van der Waals surface area contributed by atoms with Gasteiger partial charge in [-0.25, -0.2) is 5.43 Å². The van der Waals surface area contributed by atoms with Gasteiger partial charge in [0.15, 0.2) is 12.7 Å². The first-order chi connectivity index (χ1) is 13.3. The fourth-order valence-electron chi connectivity index (χ4n) is 2.70. The second-order valence-electron chi connectivity index (χ2n) is 6.68. The zero-order valence-corrected chi connectivity index (χ0v) is 16.3. The standard InChI is InChI=1S/C21H23N3O4/c1-12-6-5-7-18(13(12)2)28-15(4)21(26)24-23-14(3)16-8-9-19-17(10-16)22-20(25)11-27-19/h5-10,15H,11H2,1-4H3,(H,22,25)(H,24,26)/b23-14-/t15-/m1/s1. The van der Waals surface area contributed by atoms with E-state index in [1.807, 2.05) is 38.1 Å². The van der Waals surface area contributed by atoms with Gasteiger partial charge in [0.2, 0.25) is 0 Å². The minimum atomic E-state index is -0.701. The van der Waals surface area contributed by atoms with Gasteiger partial charge < -0.3 is 14.8 Å². The number of ether oxygens (including phenoxy) is 2. The lowest BCUT2D eigenvalue weighted by Crippen LogP contribution is -2.34. The number of hydrogen-bond donors (Lipinski definition) is 2. The van der Waals surface area contributed by atoms with E-state index in [0.29, 0.717) is 22.9 Å². The molecule has 7 heteroatoms. The molecule has 28 heavy (non-hydrogen) atoms. The molecule has 0 radical (unpaired) electrons. The summed E-state index contributed by atoms with van der Waals surface area (Å²) in [6.45, 7) is 7.40. The van der Waals surface area contributed by atoms with Gasteiger partial charge in [0, 0.05) is 0 Å². The highest BCUT2D eigenvalue weighted by Crippen LogP contribution is 2.28. The van der Waals surface area contributed by atoms with Crippen LogP contribution in [0.5, 0.6) is 11.5 Å². The van der Waals surface area contributed by atoms with Crippen LogP contribution in [0.3, 0.4) is 0 Å². The van der Waals surface area contributed by atoms with E-state index in [9.17, 15) is 9.59 Å². The third-order valence-electron chi connectivity index (χ3n) is 4.59. The van der Waals surface area contributed by atoms with Crippen molar-refractivity contribution in [2.24, 2.45) is 5.10 Å². The van der Waals surface area contributed by atoms with Crippen molar-refractivity contribution in [2.45, 2.75) is 33.8 Å². The molecule has 2 aromatic rings. The molecule has 1 atom stereocenters. The van der Waals surface area contributed by atoms with Gasteiger partial charge >= 0.3 is 0 Å². The van der Waals surface area contributed by atoms with Gasteiger partial charge in [-0.1, -0.05) is 12.1 Å². The molecule has 2 aromatic carbocycles. The molecule has 0 saturated carbocycles. The number of nitrogens with zero attached hydrogens (tertiary/aromatic N) is 1. The van der Waals surface area contributed by atoms with Crippen LogP contribution in [0.25, 0.3) is 0 Å². The molecule has 7 nitrogen and oxygen atoms in total. The third-order valence-corrected chi connectivity index (χ3v) is 4.59. The number of amides is 2. The van der Waals surface area contributed by atoms with Crippen LogP contribution in [0.4, 0.5) is 5.69 Å². The van der Waals surface area contributed by atoms with Gasteiger partial charge in [-0.15, -0.1) is 0 Å². The van der Waals surface area contributed by atoms with E-state index in [-0.39, 0.29) is 18.4 Å². The number of benzene rings is 2. The summed E-state index contributed by atoms with van der Waals surface area (Å²) >= 11 is 0. The number of aryl methyl sites for hydroxylation is 1. The number of hydrogen-bond acceptors (Lipinski definition) is 5. The molecular weight excluding hydrogens is 358 g/mol. The van der Waals surface area contributed by atoms with Crippen molar-refractivity contribution in [2.75, 3.05) is 11.9 Å². The quantitative estimate of drug-likeness (QED) is 0.616. The highest BCUT2D eigenvalue weighted by molar-refractivity contribution is 6.02. The minimum Gasteiger partial charge on any atom is -0.482 e. The monoisotopic (exact) mass is 381 g/mol. The van der Waals surface area contributed by atoms with Crippen molar-refractivity contribution in [3.05, 3.63) is 53.1 Å². The van der Waals surface area contributed by atoms with Crippen molar-refractivity contribution >= 4 is 23.2 Å². The Morgan fingerprint density at radius 2 is 2.07 bits per heavy atom. The molecule has 146 valence electrons. The van der Waals surface area contributed by atoms with Gasteiger partial charge in [0.25, 0.3) is 11.8 Å². The number of carbonyl (C=O) groups excluding carboxylic acids is 2. The number of carbonyl (C=O) groups is 2. The van der Waals surface area contributed by atoms with Crippen LogP contribution in [-0.4, -0.2) is 30.2 Å². The van der Waals surface area contributed by atoms with E-state index in [4.69, 9.17) is 9.47 Å². The Hall–Kier alpha value is -3.35. The zero-order chi connectivity index (χ0) is 20.3. The molecule has 3 rings (SSSR count). The average Bonchev–Trinajstić information content (AvgIpc) is 2.68. The van der Waals surface area contributed by atoms with Gasteiger partial charge in [0.1, 0.15) is 11.5 Å². The van der Waals surface area contributed by atoms with Crippen LogP contribution >= 0.6 is 0 Å². The number of rotatable bonds is 5. The normalized spacial score (nSPS) is 14.4. The fourth-order valence-corrected chi connectivity index (χ4v) is 2.70. The minimum absolute atomic E-state index is 0.00772. The number of hydrazone groups is 1. The Labute approximate surface area is 163 Å². The third kappa shape index (κ3) is 4.31. The van der Waals surface area contributed by atoms with E-state index in [0.717, 1.165) is 16.7 Å². The van der Waals surface area contributed by atoms with Gasteiger partial charge in [-0.05, 0) is 68.7 Å². The van der Waals surface area contributed by atoms with E-state index in [1.165, 1.54) is 0 Å². The summed E-state index contributed by atoms with van der Waals surface area (Å²) in [4.78, 5) is 23.8. The Balaban J connectivity index is 1.65. The Kier molecular flexibility index (Phi) is 5.63. The first-order valence-electron chi connectivity index (χ1n) is 8.99. The summed E-state index contributed by atoms with van der Waals surface area (Å²) in [5, 5.41) is 6.90. The first-order valence-corrected chi connectivity index (χ1v) is 8.99. The van der Waals surface area contributed by atoms with Crippen LogP contribution in [0.2, 0.25) is 0 Å². The number of anilines is 1. The van der Waals surface area contributed by atoms with Crippen LogP contribution in [0, 0.1) is 13.8 Å². The predicted octanol–water partition coefficient (Wildman–Crippen LogP) is 2.94. The van der Waals surface area contributed by atoms with Crippen molar-refractivity contribution in [3.63, 3.8) is 0 Å². The average molecular weight is 381 g/mol. The summed E-state index contributed by atoms with van der Waals surface area (Å²) < 4.78 is 11.1. The maximum absolute atomic E-state index is 12.3. The van der Waals surface area contributed by atoms with Crippen LogP contribution in [0.1, 0.15) is 30.5 Å². The highest BCUT2D eigenvalue weighted by Gasteiger charge is 2.18. The summed E-state index contributed by atoms with van der Waals surface area (Å²) in [5.41, 5.74) is 6.56. The van der Waals surface area contributed by atoms with Crippen LogP contribution in [0.15, 0.2) is 41.5 Å². The summed E-state index contributed by atoms with van der Waals surface area (Å²) in [5.74, 6) is 0.726. The molecule has 0 unspecified atom stereocenters. The molecule has 0 saturated heterocycles. The zero-order valence-electron chi connectivity index (χ0n) is 16.3. The molecular formula is C21H23N3O4. The molecule has 2 amide bonds. The van der Waals surface area contributed by atoms with E-state index < -0.39 is 6.10 Å². The molecule has 0 aromatic heterocycles. The lowest BCUT2D eigenvalue weighted by atomic mass is 10.1. The van der Waals surface area contributed by atoms with E-state index in [1.54, 1.807) is 26.0 Å². The summed E-state index contributed by atoms with van der Waals surface area (Å²) in [6, 6.07) is 11.1. The molecule has 1 aliphatic heterocycles. The van der Waals surface area contributed by atoms with Gasteiger partial charge in [0.05, 0.1) is 11.4 Å². The maximum Gasteiger partial charge on any atom is 0.280 e. The molecule has 1 heterocycles. The number of fused-ring (bicyclic) bond motifs is 1. The predicted molar refractivity (Wildman–Crippen MR) is 107 cm³/mol. The van der Waals surface area contributed by atoms with Gasteiger partial charge in [-0.3, -0.25) is 9.59 Å². The maximum atomic E-state index is 12.3. The Morgan fingerprint density at radius 1 is 1.29 bits per heavy atom. The number of nitrogens with one attached hydrogen (secondary N) is 2. The molecule has 0 aliphatic carbocycles. The summed E-state index contributed by atoms with van der Waals surface area (Å²) in [7, 11) is 0. The highest BCUT2D eigenvalue weighted by atomic mass is 16.5. The fraction of sp³-hybridized carbons (Fsp3) is 0.286. The van der Waals surface area contributed by atoms with E-state index >= 15 is 0 Å². The smallest absolute Gasteiger partial charge is 0.280 e. The first kappa shape index (κ1) is 19.4. The largest absolute Gasteiger partial charge is 0.482 e. The molecule has 1 aliphatic rings. The molecule has 0 bridgehead atoms. The summed E-state index contributed by atoms with van der Waals surface area (Å²) in [6.07, 6.45) is -0.701. The Morgan fingerprint density at radius 3 is 2.86 bits per heavy atom. The van der Waals surface area contributed by atoms with Crippen molar-refractivity contribution in [3.8, 4) is 11.5 Å².